The number of amides is 2. The lowest BCUT2D eigenvalue weighted by atomic mass is 9.63. The minimum atomic E-state index is -0.561. The van der Waals surface area contributed by atoms with Gasteiger partial charge in [-0.05, 0) is 60.4 Å². The molecule has 0 spiro atoms. The second kappa shape index (κ2) is 6.61. The topological polar surface area (TPSA) is 76.6 Å². The fraction of sp³-hybridized carbons (Fsp3) is 0.259. The van der Waals surface area contributed by atoms with Gasteiger partial charge in [0.25, 0.3) is 0 Å². The zero-order valence-corrected chi connectivity index (χ0v) is 17.6. The molecule has 1 aromatic heterocycles. The minimum absolute atomic E-state index is 0.140. The van der Waals surface area contributed by atoms with Crippen LogP contribution < -0.4 is 9.64 Å². The van der Waals surface area contributed by atoms with Crippen molar-refractivity contribution in [2.75, 3.05) is 4.90 Å². The molecule has 2 heterocycles. The number of para-hydroxylation sites is 1. The molecule has 33 heavy (non-hydrogen) atoms. The van der Waals surface area contributed by atoms with Crippen molar-refractivity contribution in [3.05, 3.63) is 78.5 Å². The first kappa shape index (κ1) is 18.7. The third-order valence-corrected chi connectivity index (χ3v) is 7.80. The van der Waals surface area contributed by atoms with E-state index in [-0.39, 0.29) is 41.0 Å². The van der Waals surface area contributed by atoms with Gasteiger partial charge >= 0.3 is 5.97 Å². The summed E-state index contributed by atoms with van der Waals surface area (Å²) in [6.45, 7) is 0. The van der Waals surface area contributed by atoms with Crippen LogP contribution in [0.15, 0.2) is 72.9 Å². The second-order valence-electron chi connectivity index (χ2n) is 9.44. The van der Waals surface area contributed by atoms with Crippen LogP contribution in [0, 0.1) is 35.5 Å². The molecule has 2 aromatic carbocycles. The van der Waals surface area contributed by atoms with Gasteiger partial charge in [0.15, 0.2) is 5.75 Å². The van der Waals surface area contributed by atoms with Crippen molar-refractivity contribution in [3.8, 4) is 5.75 Å². The summed E-state index contributed by atoms with van der Waals surface area (Å²) in [7, 11) is 0. The molecule has 162 valence electrons. The molecule has 2 amide bonds. The average Bonchev–Trinajstić information content (AvgIpc) is 3.62. The summed E-state index contributed by atoms with van der Waals surface area (Å²) in [6, 6.07) is 15.7. The van der Waals surface area contributed by atoms with Gasteiger partial charge in [-0.1, -0.05) is 36.4 Å². The molecule has 4 aliphatic carbocycles. The standard InChI is InChI=1S/C27H20N2O4/c30-25-22-17-9-10-18(20-13-19(17)20)23(22)26(31)29(25)16-7-1-5-15(12-16)27(32)33-21-8-2-4-14-6-3-11-28-24(14)21/h1-12,17-20,22-23H,13H2. The fourth-order valence-electron chi connectivity index (χ4n) is 6.30. The maximum atomic E-state index is 13.4. The highest BCUT2D eigenvalue weighted by Crippen LogP contribution is 2.65. The summed E-state index contributed by atoms with van der Waals surface area (Å²) in [4.78, 5) is 45.3. The largest absolute Gasteiger partial charge is 0.421 e. The highest BCUT2D eigenvalue weighted by atomic mass is 16.5. The van der Waals surface area contributed by atoms with Gasteiger partial charge in [-0.25, -0.2) is 9.69 Å². The number of imide groups is 1. The first-order valence-corrected chi connectivity index (χ1v) is 11.3. The van der Waals surface area contributed by atoms with E-state index in [9.17, 15) is 14.4 Å². The molecule has 3 aromatic rings. The summed E-state index contributed by atoms with van der Waals surface area (Å²) in [5.74, 6) is 0.414. The molecule has 1 aliphatic heterocycles. The van der Waals surface area contributed by atoms with E-state index in [2.05, 4.69) is 17.1 Å². The van der Waals surface area contributed by atoms with Crippen LogP contribution in [0.3, 0.4) is 0 Å². The number of nitrogens with zero attached hydrogens (tertiary/aromatic N) is 2. The van der Waals surface area contributed by atoms with Crippen molar-refractivity contribution in [1.82, 2.24) is 4.98 Å². The van der Waals surface area contributed by atoms with Crippen LogP contribution in [0.1, 0.15) is 16.8 Å². The molecule has 6 heteroatoms. The normalized spacial score (nSPS) is 31.0. The van der Waals surface area contributed by atoms with Gasteiger partial charge < -0.3 is 4.74 Å². The summed E-state index contributed by atoms with van der Waals surface area (Å²) in [5, 5.41) is 0.869. The fourth-order valence-corrected chi connectivity index (χ4v) is 6.30. The highest BCUT2D eigenvalue weighted by molar-refractivity contribution is 6.23. The van der Waals surface area contributed by atoms with E-state index in [1.165, 1.54) is 4.90 Å². The van der Waals surface area contributed by atoms with Crippen molar-refractivity contribution in [3.63, 3.8) is 0 Å². The monoisotopic (exact) mass is 436 g/mol. The Morgan fingerprint density at radius 1 is 0.909 bits per heavy atom. The smallest absolute Gasteiger partial charge is 0.343 e. The maximum absolute atomic E-state index is 13.4. The summed E-state index contributed by atoms with van der Waals surface area (Å²) in [5.41, 5.74) is 1.30. The van der Waals surface area contributed by atoms with Gasteiger partial charge in [-0.3, -0.25) is 14.6 Å². The lowest BCUT2D eigenvalue weighted by Gasteiger charge is -2.37. The first-order valence-electron chi connectivity index (χ1n) is 11.3. The number of carbonyl (C=O) groups is 3. The molecule has 0 N–H and O–H groups in total. The van der Waals surface area contributed by atoms with Crippen LogP contribution in [-0.2, 0) is 9.59 Å². The predicted molar refractivity (Wildman–Crippen MR) is 120 cm³/mol. The highest BCUT2D eigenvalue weighted by Gasteiger charge is 2.67. The van der Waals surface area contributed by atoms with Crippen LogP contribution in [0.4, 0.5) is 5.69 Å². The first-order chi connectivity index (χ1) is 16.1. The van der Waals surface area contributed by atoms with Crippen molar-refractivity contribution in [1.29, 1.82) is 0 Å². The summed E-state index contributed by atoms with van der Waals surface area (Å²) in [6.07, 6.45) is 7.08. The Balaban J connectivity index is 1.19. The van der Waals surface area contributed by atoms with E-state index in [1.807, 2.05) is 18.2 Å². The van der Waals surface area contributed by atoms with Gasteiger partial charge in [-0.2, -0.15) is 0 Å². The van der Waals surface area contributed by atoms with Crippen LogP contribution >= 0.6 is 0 Å². The SMILES string of the molecule is O=C(Oc1cccc2cccnc12)c1cccc(N2C(=O)C3C4C=CC(C5CC45)C3C2=O)c1. The summed E-state index contributed by atoms with van der Waals surface area (Å²) < 4.78 is 5.64. The zero-order chi connectivity index (χ0) is 22.3. The van der Waals surface area contributed by atoms with E-state index in [0.29, 0.717) is 28.8 Å². The number of allylic oxidation sites excluding steroid dienone is 2. The molecule has 2 saturated carbocycles. The molecule has 2 bridgehead atoms. The Bertz CT molecular complexity index is 1350. The lowest BCUT2D eigenvalue weighted by Crippen LogP contribution is -2.40. The number of pyridine rings is 1. The number of hydrogen-bond donors (Lipinski definition) is 0. The molecule has 0 radical (unpaired) electrons. The van der Waals surface area contributed by atoms with Gasteiger partial charge in [0.05, 0.1) is 23.1 Å². The molecule has 5 aliphatic rings. The Kier molecular flexibility index (Phi) is 3.75. The number of ether oxygens (including phenoxy) is 1. The molecule has 6 atom stereocenters. The van der Waals surface area contributed by atoms with E-state index >= 15 is 0 Å². The molecule has 6 nitrogen and oxygen atoms in total. The molecular weight excluding hydrogens is 416 g/mol. The van der Waals surface area contributed by atoms with E-state index in [4.69, 9.17) is 4.74 Å². The van der Waals surface area contributed by atoms with E-state index in [0.717, 1.165) is 11.8 Å². The molecular formula is C27H20N2O4. The van der Waals surface area contributed by atoms with Crippen molar-refractivity contribution in [2.45, 2.75) is 6.42 Å². The second-order valence-corrected chi connectivity index (χ2v) is 9.44. The lowest BCUT2D eigenvalue weighted by molar-refractivity contribution is -0.124. The van der Waals surface area contributed by atoms with Crippen LogP contribution in [0.5, 0.6) is 5.75 Å². The third-order valence-electron chi connectivity index (χ3n) is 7.80. The van der Waals surface area contributed by atoms with Gasteiger partial charge in [0.1, 0.15) is 5.52 Å². The number of fused-ring (bicyclic) bond motifs is 1. The van der Waals surface area contributed by atoms with Crippen molar-refractivity contribution < 1.29 is 19.1 Å². The predicted octanol–water partition coefficient (Wildman–Crippen LogP) is 4.01. The summed E-state index contributed by atoms with van der Waals surface area (Å²) >= 11 is 0. The zero-order valence-electron chi connectivity index (χ0n) is 17.6. The molecule has 6 unspecified atom stereocenters. The van der Waals surface area contributed by atoms with Gasteiger partial charge in [0, 0.05) is 11.6 Å². The Morgan fingerprint density at radius 3 is 2.36 bits per heavy atom. The number of rotatable bonds is 3. The number of hydrogen-bond acceptors (Lipinski definition) is 5. The van der Waals surface area contributed by atoms with Crippen LogP contribution in [0.25, 0.3) is 10.9 Å². The third kappa shape index (κ3) is 2.61. The van der Waals surface area contributed by atoms with E-state index in [1.54, 1.807) is 42.6 Å². The van der Waals surface area contributed by atoms with Gasteiger partial charge in [0.2, 0.25) is 11.8 Å². The Labute approximate surface area is 189 Å². The number of esters is 1. The molecule has 8 rings (SSSR count). The number of aromatic nitrogens is 1. The van der Waals surface area contributed by atoms with Crippen LogP contribution in [0.2, 0.25) is 0 Å². The molecule has 3 fully saturated rings. The van der Waals surface area contributed by atoms with Crippen molar-refractivity contribution in [2.24, 2.45) is 35.5 Å². The minimum Gasteiger partial charge on any atom is -0.421 e. The number of anilines is 1. The Hall–Kier alpha value is -3.80. The maximum Gasteiger partial charge on any atom is 0.343 e. The van der Waals surface area contributed by atoms with Crippen molar-refractivity contribution >= 4 is 34.4 Å². The number of benzene rings is 2. The Morgan fingerprint density at radius 2 is 1.61 bits per heavy atom. The average molecular weight is 436 g/mol. The van der Waals surface area contributed by atoms with Crippen LogP contribution in [-0.4, -0.2) is 22.8 Å². The van der Waals surface area contributed by atoms with E-state index < -0.39 is 5.97 Å². The molecule has 1 saturated heterocycles. The van der Waals surface area contributed by atoms with Gasteiger partial charge in [-0.15, -0.1) is 0 Å². The quantitative estimate of drug-likeness (QED) is 0.268. The number of carbonyl (C=O) groups excluding carboxylic acids is 3.